The zero-order chi connectivity index (χ0) is 8.65. The van der Waals surface area contributed by atoms with E-state index in [1.165, 1.54) is 6.42 Å². The van der Waals surface area contributed by atoms with Crippen LogP contribution >= 0.6 is 0 Å². The molecule has 3 nitrogen and oxygen atoms in total. The molecule has 0 aromatic carbocycles. The van der Waals surface area contributed by atoms with Gasteiger partial charge in [-0.3, -0.25) is 0 Å². The summed E-state index contributed by atoms with van der Waals surface area (Å²) in [6, 6.07) is 0. The number of hydrogen-bond donors (Lipinski definition) is 0. The molecule has 0 saturated carbocycles. The van der Waals surface area contributed by atoms with Gasteiger partial charge in [0.1, 0.15) is 0 Å². The molecule has 0 aromatic heterocycles. The van der Waals surface area contributed by atoms with Crippen LogP contribution in [0.3, 0.4) is 0 Å². The normalized spacial score (nSPS) is 17.8. The summed E-state index contributed by atoms with van der Waals surface area (Å²) in [5.74, 6) is 0.802. The first-order valence-electron chi connectivity index (χ1n) is 4.58. The molecule has 0 N–H and O–H groups in total. The van der Waals surface area contributed by atoms with Gasteiger partial charge in [0, 0.05) is 19.6 Å². The number of hydrogen-bond acceptors (Lipinski definition) is 3. The molecule has 1 aliphatic rings. The van der Waals surface area contributed by atoms with Crippen molar-refractivity contribution in [1.82, 2.24) is 0 Å². The number of ether oxygens (including phenoxy) is 3. The molecule has 0 atom stereocenters. The van der Waals surface area contributed by atoms with E-state index < -0.39 is 0 Å². The second-order valence-corrected chi connectivity index (χ2v) is 3.15. The highest BCUT2D eigenvalue weighted by Gasteiger charge is 2.16. The van der Waals surface area contributed by atoms with Gasteiger partial charge in [0.2, 0.25) is 0 Å². The first-order valence-corrected chi connectivity index (χ1v) is 4.58. The van der Waals surface area contributed by atoms with Crippen molar-refractivity contribution in [3.63, 3.8) is 0 Å². The van der Waals surface area contributed by atoms with Crippen LogP contribution < -0.4 is 0 Å². The minimum absolute atomic E-state index is 0.701. The Balaban J connectivity index is 1.70. The molecule has 0 aliphatic carbocycles. The fourth-order valence-electron chi connectivity index (χ4n) is 1.17. The highest BCUT2D eigenvalue weighted by atomic mass is 16.5. The van der Waals surface area contributed by atoms with E-state index in [1.807, 2.05) is 0 Å². The van der Waals surface area contributed by atoms with Crippen LogP contribution in [0.1, 0.15) is 12.8 Å². The van der Waals surface area contributed by atoms with Crippen LogP contribution in [0, 0.1) is 5.92 Å². The Morgan fingerprint density at radius 1 is 1.25 bits per heavy atom. The van der Waals surface area contributed by atoms with Gasteiger partial charge in [-0.25, -0.2) is 0 Å². The molecule has 0 spiro atoms. The summed E-state index contributed by atoms with van der Waals surface area (Å²) < 4.78 is 15.3. The highest BCUT2D eigenvalue weighted by molar-refractivity contribution is 4.64. The minimum atomic E-state index is 0.701. The van der Waals surface area contributed by atoms with Crippen molar-refractivity contribution in [2.45, 2.75) is 12.8 Å². The van der Waals surface area contributed by atoms with E-state index in [4.69, 9.17) is 14.2 Å². The smallest absolute Gasteiger partial charge is 0.0700 e. The molecular formula is C9H18O3. The van der Waals surface area contributed by atoms with Gasteiger partial charge in [0.05, 0.1) is 26.4 Å². The molecule has 3 heteroatoms. The monoisotopic (exact) mass is 174 g/mol. The standard InChI is InChI=1S/C9H18O3/c1-10-5-6-11-4-2-3-9-7-12-8-9/h9H,2-8H2,1H3. The van der Waals surface area contributed by atoms with Gasteiger partial charge in [0.15, 0.2) is 0 Å². The lowest BCUT2D eigenvalue weighted by atomic mass is 10.0. The molecule has 1 rings (SSSR count). The quantitative estimate of drug-likeness (QED) is 0.540. The maximum atomic E-state index is 5.33. The third-order valence-electron chi connectivity index (χ3n) is 2.04. The zero-order valence-corrected chi connectivity index (χ0v) is 7.75. The van der Waals surface area contributed by atoms with Crippen molar-refractivity contribution >= 4 is 0 Å². The first-order chi connectivity index (χ1) is 5.93. The van der Waals surface area contributed by atoms with Crippen LogP contribution in [-0.2, 0) is 14.2 Å². The Morgan fingerprint density at radius 3 is 2.67 bits per heavy atom. The largest absolute Gasteiger partial charge is 0.382 e. The van der Waals surface area contributed by atoms with Crippen LogP contribution in [0.15, 0.2) is 0 Å². The lowest BCUT2D eigenvalue weighted by Gasteiger charge is -2.25. The van der Waals surface area contributed by atoms with Gasteiger partial charge >= 0.3 is 0 Å². The Bertz CT molecular complexity index is 102. The molecule has 0 aromatic rings. The maximum absolute atomic E-state index is 5.33. The van der Waals surface area contributed by atoms with Gasteiger partial charge in [-0.2, -0.15) is 0 Å². The van der Waals surface area contributed by atoms with Crippen LogP contribution in [-0.4, -0.2) is 40.1 Å². The molecular weight excluding hydrogens is 156 g/mol. The topological polar surface area (TPSA) is 27.7 Å². The van der Waals surface area contributed by atoms with Gasteiger partial charge in [-0.1, -0.05) is 0 Å². The Hall–Kier alpha value is -0.120. The van der Waals surface area contributed by atoms with Crippen molar-refractivity contribution < 1.29 is 14.2 Å². The van der Waals surface area contributed by atoms with Crippen molar-refractivity contribution in [3.05, 3.63) is 0 Å². The minimum Gasteiger partial charge on any atom is -0.382 e. The molecule has 1 aliphatic heterocycles. The summed E-state index contributed by atoms with van der Waals surface area (Å²) in [5.41, 5.74) is 0. The van der Waals surface area contributed by atoms with Crippen LogP contribution in [0.4, 0.5) is 0 Å². The lowest BCUT2D eigenvalue weighted by molar-refractivity contribution is -0.0397. The average Bonchev–Trinajstić information content (AvgIpc) is 2.00. The third kappa shape index (κ3) is 4.04. The molecule has 0 amide bonds. The van der Waals surface area contributed by atoms with Crippen molar-refractivity contribution in [2.24, 2.45) is 5.92 Å². The van der Waals surface area contributed by atoms with Gasteiger partial charge < -0.3 is 14.2 Å². The Labute approximate surface area is 74.0 Å². The maximum Gasteiger partial charge on any atom is 0.0700 e. The van der Waals surface area contributed by atoms with Crippen molar-refractivity contribution in [2.75, 3.05) is 40.1 Å². The predicted molar refractivity (Wildman–Crippen MR) is 46.2 cm³/mol. The molecule has 1 heterocycles. The summed E-state index contributed by atoms with van der Waals surface area (Å²) in [4.78, 5) is 0. The van der Waals surface area contributed by atoms with E-state index in [9.17, 15) is 0 Å². The van der Waals surface area contributed by atoms with E-state index >= 15 is 0 Å². The van der Waals surface area contributed by atoms with Crippen molar-refractivity contribution in [3.8, 4) is 0 Å². The predicted octanol–water partition coefficient (Wildman–Crippen LogP) is 1.08. The Kier molecular flexibility index (Phi) is 5.32. The molecule has 0 bridgehead atoms. The van der Waals surface area contributed by atoms with Crippen LogP contribution in [0.2, 0.25) is 0 Å². The fourth-order valence-corrected chi connectivity index (χ4v) is 1.17. The summed E-state index contributed by atoms with van der Waals surface area (Å²) in [6.07, 6.45) is 2.39. The zero-order valence-electron chi connectivity index (χ0n) is 7.75. The second-order valence-electron chi connectivity index (χ2n) is 3.15. The second kappa shape index (κ2) is 6.40. The SMILES string of the molecule is COCCOCCCC1COC1. The van der Waals surface area contributed by atoms with Gasteiger partial charge in [-0.05, 0) is 12.8 Å². The van der Waals surface area contributed by atoms with E-state index in [-0.39, 0.29) is 0 Å². The summed E-state index contributed by atoms with van der Waals surface area (Å²) in [5, 5.41) is 0. The van der Waals surface area contributed by atoms with Crippen molar-refractivity contribution in [1.29, 1.82) is 0 Å². The van der Waals surface area contributed by atoms with Crippen LogP contribution in [0.25, 0.3) is 0 Å². The number of rotatable bonds is 7. The van der Waals surface area contributed by atoms with E-state index in [0.29, 0.717) is 6.61 Å². The average molecular weight is 174 g/mol. The van der Waals surface area contributed by atoms with Gasteiger partial charge in [-0.15, -0.1) is 0 Å². The molecule has 1 fully saturated rings. The van der Waals surface area contributed by atoms with E-state index in [2.05, 4.69) is 0 Å². The van der Waals surface area contributed by atoms with Gasteiger partial charge in [0.25, 0.3) is 0 Å². The molecule has 72 valence electrons. The number of methoxy groups -OCH3 is 1. The van der Waals surface area contributed by atoms with E-state index in [1.54, 1.807) is 7.11 Å². The third-order valence-corrected chi connectivity index (χ3v) is 2.04. The summed E-state index contributed by atoms with van der Waals surface area (Å²) >= 11 is 0. The molecule has 0 unspecified atom stereocenters. The molecule has 0 radical (unpaired) electrons. The fraction of sp³-hybridized carbons (Fsp3) is 1.00. The summed E-state index contributed by atoms with van der Waals surface area (Å²) in [6.45, 7) is 4.19. The Morgan fingerprint density at radius 2 is 2.08 bits per heavy atom. The van der Waals surface area contributed by atoms with Crippen LogP contribution in [0.5, 0.6) is 0 Å². The van der Waals surface area contributed by atoms with E-state index in [0.717, 1.165) is 38.8 Å². The molecule has 12 heavy (non-hydrogen) atoms. The molecule has 1 saturated heterocycles. The summed E-state index contributed by atoms with van der Waals surface area (Å²) in [7, 11) is 1.69. The lowest BCUT2D eigenvalue weighted by Crippen LogP contribution is -2.27. The highest BCUT2D eigenvalue weighted by Crippen LogP contribution is 2.15. The first kappa shape index (κ1) is 9.96.